The van der Waals surface area contributed by atoms with Crippen LogP contribution in [-0.2, 0) is 4.79 Å². The van der Waals surface area contributed by atoms with Crippen LogP contribution in [0.5, 0.6) is 0 Å². The molecule has 2 aliphatic rings. The average Bonchev–Trinajstić information content (AvgIpc) is 2.90. The minimum atomic E-state index is -0.582. The summed E-state index contributed by atoms with van der Waals surface area (Å²) in [6, 6.07) is 2.31. The summed E-state index contributed by atoms with van der Waals surface area (Å²) in [4.78, 5) is 14.3. The molecule has 0 bridgehead atoms. The van der Waals surface area contributed by atoms with E-state index >= 15 is 0 Å². The molecule has 0 atom stereocenters. The summed E-state index contributed by atoms with van der Waals surface area (Å²) in [7, 11) is 1.99. The van der Waals surface area contributed by atoms with Gasteiger partial charge in [-0.2, -0.15) is 5.26 Å². The van der Waals surface area contributed by atoms with Crippen LogP contribution < -0.4 is 10.6 Å². The number of rotatable bonds is 5. The number of carbonyl (C=O) groups is 1. The Morgan fingerprint density at radius 1 is 1.35 bits per heavy atom. The first-order valence-electron chi connectivity index (χ1n) is 7.77. The van der Waals surface area contributed by atoms with Crippen LogP contribution >= 0.6 is 0 Å². The third-order valence-electron chi connectivity index (χ3n) is 4.62. The number of hydrogen-bond donors (Lipinski definition) is 2. The first-order chi connectivity index (χ1) is 9.67. The smallest absolute Gasteiger partial charge is 0.235 e. The van der Waals surface area contributed by atoms with Gasteiger partial charge in [0.15, 0.2) is 0 Å². The lowest BCUT2D eigenvalue weighted by atomic mass is 9.96. The van der Waals surface area contributed by atoms with Crippen LogP contribution in [0.2, 0.25) is 0 Å². The Bertz CT molecular complexity index is 363. The summed E-state index contributed by atoms with van der Waals surface area (Å²) in [5, 5.41) is 15.5. The molecule has 0 unspecified atom stereocenters. The molecule has 1 heterocycles. The number of nitrogens with one attached hydrogen (secondary N) is 2. The highest BCUT2D eigenvalue weighted by Gasteiger charge is 2.35. The van der Waals surface area contributed by atoms with Gasteiger partial charge in [0.1, 0.15) is 5.54 Å². The zero-order chi connectivity index (χ0) is 14.4. The molecule has 1 saturated carbocycles. The molecule has 0 aromatic rings. The Morgan fingerprint density at radius 2 is 2.00 bits per heavy atom. The number of carbonyl (C=O) groups excluding carboxylic acids is 1. The van der Waals surface area contributed by atoms with Crippen molar-refractivity contribution >= 4 is 5.91 Å². The van der Waals surface area contributed by atoms with Crippen LogP contribution in [0.1, 0.15) is 38.5 Å². The van der Waals surface area contributed by atoms with Crippen LogP contribution in [0.15, 0.2) is 0 Å². The maximum absolute atomic E-state index is 12.1. The fourth-order valence-corrected chi connectivity index (χ4v) is 3.39. The van der Waals surface area contributed by atoms with Crippen molar-refractivity contribution in [1.82, 2.24) is 15.5 Å². The molecule has 5 heteroatoms. The highest BCUT2D eigenvalue weighted by molar-refractivity contribution is 5.79. The van der Waals surface area contributed by atoms with Gasteiger partial charge in [-0.1, -0.05) is 0 Å². The molecule has 0 radical (unpaired) electrons. The van der Waals surface area contributed by atoms with Crippen LogP contribution in [0.25, 0.3) is 0 Å². The SMILES string of the molecule is CNCC1CCN(CC(=O)NC2(C#N)CCCC2)CC1. The van der Waals surface area contributed by atoms with E-state index in [1.807, 2.05) is 7.05 Å². The Labute approximate surface area is 121 Å². The van der Waals surface area contributed by atoms with E-state index in [4.69, 9.17) is 0 Å². The van der Waals surface area contributed by atoms with Gasteiger partial charge >= 0.3 is 0 Å². The molecular formula is C15H26N4O. The second-order valence-corrected chi connectivity index (χ2v) is 6.23. The molecule has 20 heavy (non-hydrogen) atoms. The third-order valence-corrected chi connectivity index (χ3v) is 4.62. The number of nitriles is 1. The molecule has 1 aliphatic heterocycles. The molecule has 5 nitrogen and oxygen atoms in total. The quantitative estimate of drug-likeness (QED) is 0.783. The molecule has 0 aromatic carbocycles. The van der Waals surface area contributed by atoms with Crippen molar-refractivity contribution in [1.29, 1.82) is 5.26 Å². The monoisotopic (exact) mass is 278 g/mol. The van der Waals surface area contributed by atoms with E-state index in [1.165, 1.54) is 0 Å². The topological polar surface area (TPSA) is 68.2 Å². The first kappa shape index (κ1) is 15.3. The van der Waals surface area contributed by atoms with Gasteiger partial charge in [0.2, 0.25) is 5.91 Å². The Kier molecular flexibility index (Phi) is 5.38. The number of amides is 1. The van der Waals surface area contributed by atoms with Gasteiger partial charge in [0, 0.05) is 0 Å². The molecule has 2 N–H and O–H groups in total. The molecule has 1 amide bonds. The van der Waals surface area contributed by atoms with Gasteiger partial charge in [-0.05, 0) is 71.1 Å². The maximum Gasteiger partial charge on any atom is 0.235 e. The van der Waals surface area contributed by atoms with Gasteiger partial charge in [0.05, 0.1) is 12.6 Å². The number of nitrogens with zero attached hydrogens (tertiary/aromatic N) is 2. The predicted octanol–water partition coefficient (Wildman–Crippen LogP) is 0.870. The number of likely N-dealkylation sites (tertiary alicyclic amines) is 1. The van der Waals surface area contributed by atoms with Crippen molar-refractivity contribution in [2.75, 3.05) is 33.2 Å². The molecular weight excluding hydrogens is 252 g/mol. The molecule has 112 valence electrons. The standard InChI is InChI=1S/C15H26N4O/c1-17-10-13-4-8-19(9-5-13)11-14(20)18-15(12-16)6-2-3-7-15/h13,17H,2-11H2,1H3,(H,18,20). The van der Waals surface area contributed by atoms with Crippen molar-refractivity contribution in [2.24, 2.45) is 5.92 Å². The lowest BCUT2D eigenvalue weighted by Crippen LogP contribution is -2.50. The van der Waals surface area contributed by atoms with Crippen LogP contribution in [0, 0.1) is 17.2 Å². The van der Waals surface area contributed by atoms with Crippen LogP contribution in [-0.4, -0.2) is 49.6 Å². The van der Waals surface area contributed by atoms with Crippen molar-refractivity contribution in [3.63, 3.8) is 0 Å². The van der Waals surface area contributed by atoms with E-state index in [-0.39, 0.29) is 5.91 Å². The fraction of sp³-hybridized carbons (Fsp3) is 0.867. The summed E-state index contributed by atoms with van der Waals surface area (Å²) in [5.74, 6) is 0.750. The molecule has 2 rings (SSSR count). The summed E-state index contributed by atoms with van der Waals surface area (Å²) in [5.41, 5.74) is -0.582. The van der Waals surface area contributed by atoms with E-state index in [0.29, 0.717) is 6.54 Å². The molecule has 1 aliphatic carbocycles. The third kappa shape index (κ3) is 3.94. The Hall–Kier alpha value is -1.12. The van der Waals surface area contributed by atoms with E-state index in [0.717, 1.165) is 64.1 Å². The first-order valence-corrected chi connectivity index (χ1v) is 7.77. The van der Waals surface area contributed by atoms with E-state index in [2.05, 4.69) is 21.6 Å². The average molecular weight is 278 g/mol. The zero-order valence-electron chi connectivity index (χ0n) is 12.5. The van der Waals surface area contributed by atoms with Crippen LogP contribution in [0.3, 0.4) is 0 Å². The highest BCUT2D eigenvalue weighted by Crippen LogP contribution is 2.28. The van der Waals surface area contributed by atoms with Gasteiger partial charge < -0.3 is 10.6 Å². The maximum atomic E-state index is 12.1. The summed E-state index contributed by atoms with van der Waals surface area (Å²) >= 11 is 0. The second-order valence-electron chi connectivity index (χ2n) is 6.23. The minimum absolute atomic E-state index is 0.0144. The lowest BCUT2D eigenvalue weighted by Gasteiger charge is -2.32. The van der Waals surface area contributed by atoms with Gasteiger partial charge in [-0.15, -0.1) is 0 Å². The van der Waals surface area contributed by atoms with Gasteiger partial charge in [0.25, 0.3) is 0 Å². The minimum Gasteiger partial charge on any atom is -0.337 e. The van der Waals surface area contributed by atoms with E-state index < -0.39 is 5.54 Å². The largest absolute Gasteiger partial charge is 0.337 e. The normalized spacial score (nSPS) is 23.4. The predicted molar refractivity (Wildman–Crippen MR) is 78.0 cm³/mol. The van der Waals surface area contributed by atoms with Crippen LogP contribution in [0.4, 0.5) is 0 Å². The second kappa shape index (κ2) is 7.05. The summed E-state index contributed by atoms with van der Waals surface area (Å²) in [6.07, 6.45) is 6.00. The van der Waals surface area contributed by atoms with E-state index in [1.54, 1.807) is 0 Å². The molecule has 1 saturated heterocycles. The van der Waals surface area contributed by atoms with Crippen molar-refractivity contribution in [2.45, 2.75) is 44.1 Å². The Morgan fingerprint density at radius 3 is 2.55 bits per heavy atom. The van der Waals surface area contributed by atoms with Gasteiger partial charge in [-0.25, -0.2) is 0 Å². The Balaban J connectivity index is 1.74. The highest BCUT2D eigenvalue weighted by atomic mass is 16.2. The number of piperidine rings is 1. The summed E-state index contributed by atoms with van der Waals surface area (Å²) < 4.78 is 0. The van der Waals surface area contributed by atoms with Crippen molar-refractivity contribution in [3.05, 3.63) is 0 Å². The molecule has 0 spiro atoms. The molecule has 2 fully saturated rings. The molecule has 0 aromatic heterocycles. The fourth-order valence-electron chi connectivity index (χ4n) is 3.39. The summed E-state index contributed by atoms with van der Waals surface area (Å²) in [6.45, 7) is 3.48. The van der Waals surface area contributed by atoms with Crippen molar-refractivity contribution < 1.29 is 4.79 Å². The van der Waals surface area contributed by atoms with E-state index in [9.17, 15) is 10.1 Å². The van der Waals surface area contributed by atoms with Gasteiger partial charge in [-0.3, -0.25) is 9.69 Å². The zero-order valence-corrected chi connectivity index (χ0v) is 12.5. The van der Waals surface area contributed by atoms with Crippen molar-refractivity contribution in [3.8, 4) is 6.07 Å². The number of hydrogen-bond acceptors (Lipinski definition) is 4. The lowest BCUT2D eigenvalue weighted by molar-refractivity contribution is -0.123.